The second-order valence-corrected chi connectivity index (χ2v) is 8.67. The summed E-state index contributed by atoms with van der Waals surface area (Å²) in [6.07, 6.45) is -4.39. The monoisotopic (exact) mass is 517 g/mol. The number of carboxylic acids is 1. The number of benzene rings is 2. The molecule has 0 spiro atoms. The molecular weight excluding hydrogens is 502 g/mol. The van der Waals surface area contributed by atoms with Crippen LogP contribution in [-0.2, 0) is 18.7 Å². The summed E-state index contributed by atoms with van der Waals surface area (Å²) in [5.74, 6) is -1.20. The van der Waals surface area contributed by atoms with E-state index >= 15 is 0 Å². The number of carbonyl (C=O) groups is 1. The van der Waals surface area contributed by atoms with Crippen LogP contribution >= 0.6 is 35.0 Å². The van der Waals surface area contributed by atoms with Crippen molar-refractivity contribution in [2.24, 2.45) is 0 Å². The minimum Gasteiger partial charge on any atom is -0.478 e. The molecule has 0 saturated carbocycles. The molecule has 3 rings (SSSR count). The molecule has 33 heavy (non-hydrogen) atoms. The molecule has 0 amide bonds. The molecule has 0 radical (unpaired) electrons. The molecule has 1 aromatic heterocycles. The molecule has 0 bridgehead atoms. The van der Waals surface area contributed by atoms with Crippen LogP contribution in [0.4, 0.5) is 13.2 Å². The number of halogens is 5. The summed E-state index contributed by atoms with van der Waals surface area (Å²) in [6, 6.07) is 13.1. The normalized spacial score (nSPS) is 11.4. The fourth-order valence-corrected chi connectivity index (χ4v) is 4.60. The first-order valence-corrected chi connectivity index (χ1v) is 11.2. The van der Waals surface area contributed by atoms with Crippen molar-refractivity contribution in [1.29, 1.82) is 0 Å². The number of aromatic nitrogens is 1. The summed E-state index contributed by atoms with van der Waals surface area (Å²) in [5.41, 5.74) is 0.961. The van der Waals surface area contributed by atoms with Crippen molar-refractivity contribution < 1.29 is 27.8 Å². The average molecular weight is 518 g/mol. The van der Waals surface area contributed by atoms with Crippen molar-refractivity contribution in [2.75, 3.05) is 0 Å². The molecule has 0 fully saturated rings. The number of alkyl halides is 3. The van der Waals surface area contributed by atoms with Gasteiger partial charge in [0.2, 0.25) is 0 Å². The Labute approximate surface area is 200 Å². The van der Waals surface area contributed by atoms with E-state index in [1.54, 1.807) is 18.2 Å². The highest BCUT2D eigenvalue weighted by Gasteiger charge is 2.31. The zero-order valence-corrected chi connectivity index (χ0v) is 19.1. The fourth-order valence-electron chi connectivity index (χ4n) is 2.99. The van der Waals surface area contributed by atoms with Crippen LogP contribution in [0, 0.1) is 0 Å². The van der Waals surface area contributed by atoms with Crippen LogP contribution in [0.15, 0.2) is 64.3 Å². The van der Waals surface area contributed by atoms with E-state index in [1.807, 2.05) is 0 Å². The van der Waals surface area contributed by atoms with Crippen molar-refractivity contribution in [2.45, 2.75) is 30.0 Å². The van der Waals surface area contributed by atoms with E-state index in [0.717, 1.165) is 5.56 Å². The van der Waals surface area contributed by atoms with E-state index in [9.17, 15) is 22.8 Å². The molecule has 174 valence electrons. The second kappa shape index (κ2) is 10.5. The Hall–Kier alpha value is -2.62. The summed E-state index contributed by atoms with van der Waals surface area (Å²) in [4.78, 5) is 24.2. The highest BCUT2D eigenvalue weighted by atomic mass is 35.5. The maximum absolute atomic E-state index is 12.7. The number of ether oxygens (including phenoxy) is 1. The van der Waals surface area contributed by atoms with Crippen molar-refractivity contribution in [3.05, 3.63) is 91.8 Å². The van der Waals surface area contributed by atoms with E-state index in [2.05, 4.69) is 4.74 Å². The maximum atomic E-state index is 12.7. The summed E-state index contributed by atoms with van der Waals surface area (Å²) >= 11 is 13.5. The number of carboxylic acid groups (broad SMARTS) is 1. The Balaban J connectivity index is 1.80. The number of rotatable bonds is 8. The van der Waals surface area contributed by atoms with Gasteiger partial charge in [-0.25, -0.2) is 4.79 Å². The standard InChI is InChI=1S/C22H16Cl2F3NO4S/c23-17-11-18(24)20(29)28(9-8-13-4-6-14(7-5-13)21(30)31)19(17)12-33-16-3-1-2-15(10-16)32-22(25,26)27/h1-7,10-11H,8-9,12H2,(H,30,31). The third-order valence-corrected chi connectivity index (χ3v) is 6.15. The van der Waals surface area contributed by atoms with Crippen molar-refractivity contribution >= 4 is 40.9 Å². The minimum absolute atomic E-state index is 0.0597. The zero-order chi connectivity index (χ0) is 24.2. The SMILES string of the molecule is O=C(O)c1ccc(CCn2c(CSc3cccc(OC(F)(F)F)c3)c(Cl)cc(Cl)c2=O)cc1. The number of pyridine rings is 1. The maximum Gasteiger partial charge on any atom is 0.573 e. The van der Waals surface area contributed by atoms with Gasteiger partial charge in [-0.15, -0.1) is 24.9 Å². The first kappa shape index (κ1) is 25.0. The summed E-state index contributed by atoms with van der Waals surface area (Å²) in [7, 11) is 0. The van der Waals surface area contributed by atoms with Gasteiger partial charge in [-0.2, -0.15) is 0 Å². The molecule has 11 heteroatoms. The van der Waals surface area contributed by atoms with Crippen molar-refractivity contribution in [3.63, 3.8) is 0 Å². The van der Waals surface area contributed by atoms with Gasteiger partial charge in [-0.1, -0.05) is 41.4 Å². The number of hydrogen-bond acceptors (Lipinski definition) is 4. The van der Waals surface area contributed by atoms with Gasteiger partial charge in [0, 0.05) is 17.2 Å². The molecule has 3 aromatic rings. The van der Waals surface area contributed by atoms with Crippen molar-refractivity contribution in [1.82, 2.24) is 4.57 Å². The predicted molar refractivity (Wildman–Crippen MR) is 121 cm³/mol. The number of thioether (sulfide) groups is 1. The lowest BCUT2D eigenvalue weighted by Gasteiger charge is -2.16. The first-order chi connectivity index (χ1) is 15.5. The smallest absolute Gasteiger partial charge is 0.478 e. The summed E-state index contributed by atoms with van der Waals surface area (Å²) in [5, 5.41) is 9.19. The molecule has 0 saturated heterocycles. The van der Waals surface area contributed by atoms with Crippen LogP contribution in [-0.4, -0.2) is 22.0 Å². The van der Waals surface area contributed by atoms with Crippen LogP contribution in [0.1, 0.15) is 21.6 Å². The Kier molecular flexibility index (Phi) is 7.99. The number of nitrogens with zero attached hydrogens (tertiary/aromatic N) is 1. The van der Waals surface area contributed by atoms with Gasteiger partial charge in [-0.3, -0.25) is 4.79 Å². The Morgan fingerprint density at radius 2 is 1.76 bits per heavy atom. The highest BCUT2D eigenvalue weighted by Crippen LogP contribution is 2.31. The highest BCUT2D eigenvalue weighted by molar-refractivity contribution is 7.98. The molecule has 5 nitrogen and oxygen atoms in total. The van der Waals surface area contributed by atoms with Crippen LogP contribution in [0.2, 0.25) is 10.0 Å². The quantitative estimate of drug-likeness (QED) is 0.355. The molecule has 1 heterocycles. The van der Waals surface area contributed by atoms with E-state index in [1.165, 1.54) is 52.7 Å². The lowest BCUT2D eigenvalue weighted by molar-refractivity contribution is -0.274. The second-order valence-electron chi connectivity index (χ2n) is 6.81. The van der Waals surface area contributed by atoms with Gasteiger partial charge in [0.15, 0.2) is 0 Å². The Morgan fingerprint density at radius 3 is 2.39 bits per heavy atom. The van der Waals surface area contributed by atoms with E-state index in [-0.39, 0.29) is 33.7 Å². The molecular formula is C22H16Cl2F3NO4S. The number of aryl methyl sites for hydroxylation is 1. The van der Waals surface area contributed by atoms with Crippen LogP contribution < -0.4 is 10.3 Å². The topological polar surface area (TPSA) is 68.5 Å². The Bertz CT molecular complexity index is 1210. The van der Waals surface area contributed by atoms with Gasteiger partial charge in [0.05, 0.1) is 16.3 Å². The van der Waals surface area contributed by atoms with Gasteiger partial charge in [0.25, 0.3) is 5.56 Å². The van der Waals surface area contributed by atoms with Gasteiger partial charge in [-0.05, 0) is 48.4 Å². The van der Waals surface area contributed by atoms with Crippen LogP contribution in [0.25, 0.3) is 0 Å². The number of aromatic carboxylic acids is 1. The predicted octanol–water partition coefficient (Wildman–Crippen LogP) is 6.29. The lowest BCUT2D eigenvalue weighted by Crippen LogP contribution is -2.25. The molecule has 0 aliphatic carbocycles. The molecule has 1 N–H and O–H groups in total. The van der Waals surface area contributed by atoms with Gasteiger partial charge in [0.1, 0.15) is 10.8 Å². The number of hydrogen-bond donors (Lipinski definition) is 1. The summed E-state index contributed by atoms with van der Waals surface area (Å²) in [6.45, 7) is 0.221. The van der Waals surface area contributed by atoms with Gasteiger partial charge >= 0.3 is 12.3 Å². The molecule has 0 unspecified atom stereocenters. The molecule has 0 aliphatic heterocycles. The summed E-state index contributed by atoms with van der Waals surface area (Å²) < 4.78 is 42.8. The van der Waals surface area contributed by atoms with E-state index in [0.29, 0.717) is 17.0 Å². The van der Waals surface area contributed by atoms with E-state index < -0.39 is 17.9 Å². The molecule has 0 atom stereocenters. The first-order valence-electron chi connectivity index (χ1n) is 9.42. The van der Waals surface area contributed by atoms with E-state index in [4.69, 9.17) is 28.3 Å². The zero-order valence-electron chi connectivity index (χ0n) is 16.7. The minimum atomic E-state index is -4.80. The van der Waals surface area contributed by atoms with Crippen LogP contribution in [0.5, 0.6) is 5.75 Å². The lowest BCUT2D eigenvalue weighted by atomic mass is 10.1. The van der Waals surface area contributed by atoms with Crippen molar-refractivity contribution in [3.8, 4) is 5.75 Å². The third-order valence-electron chi connectivity index (χ3n) is 4.54. The molecule has 0 aliphatic rings. The third kappa shape index (κ3) is 6.93. The van der Waals surface area contributed by atoms with Gasteiger partial charge < -0.3 is 14.4 Å². The Morgan fingerprint density at radius 1 is 1.06 bits per heavy atom. The molecule has 2 aromatic carbocycles. The largest absolute Gasteiger partial charge is 0.573 e. The fraction of sp³-hybridized carbons (Fsp3) is 0.182. The van der Waals surface area contributed by atoms with Crippen LogP contribution in [0.3, 0.4) is 0 Å². The average Bonchev–Trinajstić information content (AvgIpc) is 2.74.